The molecule has 0 bridgehead atoms. The van der Waals surface area contributed by atoms with Crippen LogP contribution in [0.1, 0.15) is 29.9 Å². The molecule has 0 saturated carbocycles. The van der Waals surface area contributed by atoms with Crippen molar-refractivity contribution in [1.82, 2.24) is 14.9 Å². The zero-order valence-electron chi connectivity index (χ0n) is 9.52. The number of hydrogen-bond donors (Lipinski definition) is 1. The van der Waals surface area contributed by atoms with E-state index in [0.717, 1.165) is 5.69 Å². The van der Waals surface area contributed by atoms with E-state index in [1.54, 1.807) is 18.1 Å². The highest BCUT2D eigenvalue weighted by molar-refractivity contribution is 5.97. The molecule has 0 atom stereocenters. The topological polar surface area (TPSA) is 58.1 Å². The van der Waals surface area contributed by atoms with Gasteiger partial charge in [0.2, 0.25) is 5.95 Å². The third-order valence-electron chi connectivity index (χ3n) is 2.25. The number of amides is 1. The molecule has 1 aliphatic heterocycles. The minimum Gasteiger partial charge on any atom is -0.352 e. The van der Waals surface area contributed by atoms with Crippen LogP contribution < -0.4 is 5.32 Å². The molecule has 16 heavy (non-hydrogen) atoms. The molecule has 5 nitrogen and oxygen atoms in total. The zero-order chi connectivity index (χ0) is 11.0. The van der Waals surface area contributed by atoms with Gasteiger partial charge in [-0.1, -0.05) is 0 Å². The summed E-state index contributed by atoms with van der Waals surface area (Å²) in [6.07, 6.45) is 1.60. The van der Waals surface area contributed by atoms with E-state index in [1.807, 2.05) is 13.8 Å². The molecule has 88 valence electrons. The summed E-state index contributed by atoms with van der Waals surface area (Å²) in [5, 5.41) is 3.11. The second-order valence-corrected chi connectivity index (χ2v) is 4.01. The van der Waals surface area contributed by atoms with Crippen LogP contribution >= 0.6 is 12.4 Å². The number of carbonyl (C=O) groups is 1. The highest BCUT2D eigenvalue weighted by Gasteiger charge is 2.26. The number of rotatable bonds is 2. The molecule has 2 rings (SSSR count). The summed E-state index contributed by atoms with van der Waals surface area (Å²) >= 11 is 0. The fraction of sp³-hybridized carbons (Fsp3) is 0.500. The Hall–Kier alpha value is -1.36. The van der Waals surface area contributed by atoms with Crippen LogP contribution in [0.25, 0.3) is 0 Å². The number of carbonyl (C=O) groups excluding carboxylic acids is 1. The van der Waals surface area contributed by atoms with Gasteiger partial charge >= 0.3 is 0 Å². The van der Waals surface area contributed by atoms with Crippen LogP contribution in [0.3, 0.4) is 0 Å². The fourth-order valence-electron chi connectivity index (χ4n) is 1.55. The third-order valence-corrected chi connectivity index (χ3v) is 2.25. The summed E-state index contributed by atoms with van der Waals surface area (Å²) in [4.78, 5) is 21.6. The largest absolute Gasteiger partial charge is 0.352 e. The first-order chi connectivity index (χ1) is 7.08. The quantitative estimate of drug-likeness (QED) is 0.850. The van der Waals surface area contributed by atoms with Gasteiger partial charge in [0.05, 0.1) is 17.8 Å². The SMILES string of the molecule is CC(C)Nc1ncc2c(n1)CN(C)C2=O.Cl. The summed E-state index contributed by atoms with van der Waals surface area (Å²) in [7, 11) is 1.76. The average molecular weight is 243 g/mol. The minimum absolute atomic E-state index is 0. The van der Waals surface area contributed by atoms with E-state index in [4.69, 9.17) is 0 Å². The molecule has 1 amide bonds. The molecular weight excluding hydrogens is 228 g/mol. The standard InChI is InChI=1S/C10H14N4O.ClH/c1-6(2)12-10-11-4-7-8(13-10)5-14(3)9(7)15;/h4,6H,5H2,1-3H3,(H,11,12,13);1H. The number of fused-ring (bicyclic) bond motifs is 1. The molecule has 2 heterocycles. The van der Waals surface area contributed by atoms with Crippen molar-refractivity contribution in [2.24, 2.45) is 0 Å². The zero-order valence-corrected chi connectivity index (χ0v) is 10.3. The molecular formula is C10H15ClN4O. The van der Waals surface area contributed by atoms with Gasteiger partial charge in [-0.2, -0.15) is 0 Å². The number of halogens is 1. The van der Waals surface area contributed by atoms with Crippen molar-refractivity contribution >= 4 is 24.3 Å². The molecule has 1 N–H and O–H groups in total. The van der Waals surface area contributed by atoms with Gasteiger partial charge < -0.3 is 10.2 Å². The fourth-order valence-corrected chi connectivity index (χ4v) is 1.55. The molecule has 0 saturated heterocycles. The first-order valence-electron chi connectivity index (χ1n) is 4.96. The Morgan fingerprint density at radius 3 is 2.81 bits per heavy atom. The van der Waals surface area contributed by atoms with E-state index < -0.39 is 0 Å². The maximum atomic E-state index is 11.6. The van der Waals surface area contributed by atoms with Crippen molar-refractivity contribution < 1.29 is 4.79 Å². The molecule has 1 aliphatic rings. The van der Waals surface area contributed by atoms with Crippen LogP contribution in [0.4, 0.5) is 5.95 Å². The van der Waals surface area contributed by atoms with Crippen molar-refractivity contribution in [2.75, 3.05) is 12.4 Å². The van der Waals surface area contributed by atoms with Crippen LogP contribution in [0.5, 0.6) is 0 Å². The van der Waals surface area contributed by atoms with Crippen molar-refractivity contribution in [2.45, 2.75) is 26.4 Å². The Balaban J connectivity index is 0.00000128. The van der Waals surface area contributed by atoms with Gasteiger partial charge in [0, 0.05) is 19.3 Å². The molecule has 0 radical (unpaired) electrons. The molecule has 0 fully saturated rings. The van der Waals surface area contributed by atoms with E-state index in [-0.39, 0.29) is 24.4 Å². The molecule has 0 spiro atoms. The van der Waals surface area contributed by atoms with Gasteiger partial charge in [-0.3, -0.25) is 4.79 Å². The smallest absolute Gasteiger partial charge is 0.257 e. The van der Waals surface area contributed by atoms with E-state index in [0.29, 0.717) is 18.1 Å². The van der Waals surface area contributed by atoms with Gasteiger partial charge in [-0.25, -0.2) is 9.97 Å². The Morgan fingerprint density at radius 1 is 1.50 bits per heavy atom. The molecule has 0 aliphatic carbocycles. The summed E-state index contributed by atoms with van der Waals surface area (Å²) in [6, 6.07) is 0.290. The molecule has 1 aromatic heterocycles. The summed E-state index contributed by atoms with van der Waals surface area (Å²) < 4.78 is 0. The van der Waals surface area contributed by atoms with Gasteiger partial charge in [0.1, 0.15) is 0 Å². The minimum atomic E-state index is 0. The lowest BCUT2D eigenvalue weighted by Gasteiger charge is -2.07. The number of nitrogens with one attached hydrogen (secondary N) is 1. The molecule has 1 aromatic rings. The predicted molar refractivity (Wildman–Crippen MR) is 63.8 cm³/mol. The van der Waals surface area contributed by atoms with Crippen LogP contribution in [0, 0.1) is 0 Å². The number of nitrogens with zero attached hydrogens (tertiary/aromatic N) is 3. The Morgan fingerprint density at radius 2 is 2.19 bits per heavy atom. The maximum absolute atomic E-state index is 11.6. The Kier molecular flexibility index (Phi) is 3.70. The van der Waals surface area contributed by atoms with Crippen molar-refractivity contribution in [3.05, 3.63) is 17.5 Å². The summed E-state index contributed by atoms with van der Waals surface area (Å²) in [5.74, 6) is 0.591. The van der Waals surface area contributed by atoms with Gasteiger partial charge in [0.25, 0.3) is 5.91 Å². The summed E-state index contributed by atoms with van der Waals surface area (Å²) in [5.41, 5.74) is 1.42. The Bertz CT molecular complexity index is 408. The maximum Gasteiger partial charge on any atom is 0.257 e. The van der Waals surface area contributed by atoms with Crippen LogP contribution in [0.2, 0.25) is 0 Å². The van der Waals surface area contributed by atoms with Crippen molar-refractivity contribution in [1.29, 1.82) is 0 Å². The van der Waals surface area contributed by atoms with E-state index >= 15 is 0 Å². The number of aromatic nitrogens is 2. The molecule has 0 unspecified atom stereocenters. The van der Waals surface area contributed by atoms with Crippen LogP contribution in [0.15, 0.2) is 6.20 Å². The van der Waals surface area contributed by atoms with Crippen LogP contribution in [-0.4, -0.2) is 33.9 Å². The van der Waals surface area contributed by atoms with Gasteiger partial charge in [0.15, 0.2) is 0 Å². The Labute approximate surface area is 101 Å². The molecule has 0 aromatic carbocycles. The van der Waals surface area contributed by atoms with Gasteiger partial charge in [-0.05, 0) is 13.8 Å². The highest BCUT2D eigenvalue weighted by atomic mass is 35.5. The van der Waals surface area contributed by atoms with Gasteiger partial charge in [-0.15, -0.1) is 12.4 Å². The highest BCUT2D eigenvalue weighted by Crippen LogP contribution is 2.19. The number of anilines is 1. The first kappa shape index (κ1) is 12.7. The normalized spacial score (nSPS) is 13.8. The average Bonchev–Trinajstić information content (AvgIpc) is 2.41. The third kappa shape index (κ3) is 2.24. The monoisotopic (exact) mass is 242 g/mol. The second-order valence-electron chi connectivity index (χ2n) is 4.01. The predicted octanol–water partition coefficient (Wildman–Crippen LogP) is 1.30. The van der Waals surface area contributed by atoms with Crippen molar-refractivity contribution in [3.63, 3.8) is 0 Å². The van der Waals surface area contributed by atoms with E-state index in [2.05, 4.69) is 15.3 Å². The first-order valence-corrected chi connectivity index (χ1v) is 4.96. The lowest BCUT2D eigenvalue weighted by Crippen LogP contribution is -2.17. The second kappa shape index (κ2) is 4.65. The van der Waals surface area contributed by atoms with E-state index in [9.17, 15) is 4.79 Å². The lowest BCUT2D eigenvalue weighted by molar-refractivity contribution is 0.0816. The van der Waals surface area contributed by atoms with E-state index in [1.165, 1.54) is 0 Å². The van der Waals surface area contributed by atoms with Crippen LogP contribution in [-0.2, 0) is 6.54 Å². The molecule has 6 heteroatoms. The lowest BCUT2D eigenvalue weighted by atomic mass is 10.3. The van der Waals surface area contributed by atoms with Crippen molar-refractivity contribution in [3.8, 4) is 0 Å². The number of hydrogen-bond acceptors (Lipinski definition) is 4. The summed E-state index contributed by atoms with van der Waals surface area (Å²) in [6.45, 7) is 4.62.